The lowest BCUT2D eigenvalue weighted by Gasteiger charge is -2.25. The number of rotatable bonds is 11. The van der Waals surface area contributed by atoms with Crippen LogP contribution in [0.5, 0.6) is 0 Å². The van der Waals surface area contributed by atoms with Crippen molar-refractivity contribution in [1.29, 1.82) is 0 Å². The van der Waals surface area contributed by atoms with Gasteiger partial charge in [0.05, 0.1) is 23.4 Å². The van der Waals surface area contributed by atoms with Crippen LogP contribution in [0, 0.1) is 0 Å². The zero-order valence-corrected chi connectivity index (χ0v) is 17.6. The largest absolute Gasteiger partial charge is 0.478 e. The number of amides is 2. The highest BCUT2D eigenvalue weighted by Gasteiger charge is 2.33. The van der Waals surface area contributed by atoms with E-state index in [4.69, 9.17) is 0 Å². The predicted octanol–water partition coefficient (Wildman–Crippen LogP) is 2.40. The van der Waals surface area contributed by atoms with E-state index in [9.17, 15) is 29.4 Å². The molecule has 10 heteroatoms. The van der Waals surface area contributed by atoms with E-state index < -0.39 is 23.8 Å². The minimum Gasteiger partial charge on any atom is -0.478 e. The van der Waals surface area contributed by atoms with E-state index in [1.165, 1.54) is 31.5 Å². The van der Waals surface area contributed by atoms with Crippen LogP contribution in [0.15, 0.2) is 35.2 Å². The van der Waals surface area contributed by atoms with Gasteiger partial charge in [-0.1, -0.05) is 25.8 Å². The van der Waals surface area contributed by atoms with Crippen LogP contribution in [0.2, 0.25) is 0 Å². The molecule has 0 radical (unpaired) electrons. The monoisotopic (exact) mass is 431 g/mol. The van der Waals surface area contributed by atoms with Crippen molar-refractivity contribution in [2.24, 2.45) is 4.99 Å². The van der Waals surface area contributed by atoms with Crippen LogP contribution in [0.25, 0.3) is 0 Å². The number of benzene rings is 1. The summed E-state index contributed by atoms with van der Waals surface area (Å²) in [7, 11) is 0. The first-order valence-electron chi connectivity index (χ1n) is 9.99. The first kappa shape index (κ1) is 23.7. The molecule has 1 heterocycles. The summed E-state index contributed by atoms with van der Waals surface area (Å²) in [5.41, 5.74) is -0.492. The molecule has 0 bridgehead atoms. The van der Waals surface area contributed by atoms with Crippen LogP contribution >= 0.6 is 0 Å². The van der Waals surface area contributed by atoms with Crippen molar-refractivity contribution in [3.63, 3.8) is 0 Å². The van der Waals surface area contributed by atoms with Gasteiger partial charge in [0.25, 0.3) is 5.91 Å². The third-order valence-corrected chi connectivity index (χ3v) is 4.74. The molecular weight excluding hydrogens is 404 g/mol. The Morgan fingerprint density at radius 3 is 2.42 bits per heavy atom. The van der Waals surface area contributed by atoms with Gasteiger partial charge in [-0.15, -0.1) is 0 Å². The Balaban J connectivity index is 2.25. The van der Waals surface area contributed by atoms with Crippen LogP contribution in [0.3, 0.4) is 0 Å². The number of anilines is 1. The maximum Gasteiger partial charge on any atom is 0.360 e. The van der Waals surface area contributed by atoms with Crippen LogP contribution in [0.1, 0.15) is 60.2 Å². The SMILES string of the molecule is CCCCCC[N+]1(CC(=O)O)C=NC(NC(=O)c2cccc(NC(C)=O)c2C(=O)O)=C1. The molecular formula is C21H27N4O6+. The number of carbonyl (C=O) groups is 4. The van der Waals surface area contributed by atoms with Crippen molar-refractivity contribution in [2.75, 3.05) is 18.4 Å². The molecule has 0 saturated carbocycles. The maximum absolute atomic E-state index is 12.8. The molecule has 0 spiro atoms. The highest BCUT2D eigenvalue weighted by molar-refractivity contribution is 6.10. The quantitative estimate of drug-likeness (QED) is 0.313. The van der Waals surface area contributed by atoms with Crippen molar-refractivity contribution < 1.29 is 33.9 Å². The Bertz CT molecular complexity index is 940. The zero-order valence-electron chi connectivity index (χ0n) is 17.6. The summed E-state index contributed by atoms with van der Waals surface area (Å²) < 4.78 is -0.0353. The number of nitrogens with one attached hydrogen (secondary N) is 2. The molecule has 31 heavy (non-hydrogen) atoms. The second kappa shape index (κ2) is 10.5. The second-order valence-electron chi connectivity index (χ2n) is 7.37. The summed E-state index contributed by atoms with van der Waals surface area (Å²) in [5.74, 6) is -3.42. The number of carbonyl (C=O) groups excluding carboxylic acids is 2. The van der Waals surface area contributed by atoms with Crippen LogP contribution in [-0.2, 0) is 9.59 Å². The fourth-order valence-corrected chi connectivity index (χ4v) is 3.37. The van der Waals surface area contributed by atoms with Crippen molar-refractivity contribution in [2.45, 2.75) is 39.5 Å². The highest BCUT2D eigenvalue weighted by Crippen LogP contribution is 2.22. The number of aliphatic imine (C=N–C) groups is 1. The third-order valence-electron chi connectivity index (χ3n) is 4.74. The van der Waals surface area contributed by atoms with E-state index >= 15 is 0 Å². The van der Waals surface area contributed by atoms with E-state index in [0.717, 1.165) is 25.7 Å². The second-order valence-corrected chi connectivity index (χ2v) is 7.37. The number of unbranched alkanes of at least 4 members (excludes halogenated alkanes) is 3. The minimum absolute atomic E-state index is 0.00322. The van der Waals surface area contributed by atoms with Crippen molar-refractivity contribution in [3.8, 4) is 0 Å². The lowest BCUT2D eigenvalue weighted by molar-refractivity contribution is -0.771. The first-order chi connectivity index (χ1) is 14.7. The molecule has 0 saturated heterocycles. The summed E-state index contributed by atoms with van der Waals surface area (Å²) in [5, 5.41) is 23.8. The van der Waals surface area contributed by atoms with Crippen molar-refractivity contribution in [3.05, 3.63) is 41.3 Å². The number of carboxylic acids is 2. The van der Waals surface area contributed by atoms with Gasteiger partial charge >= 0.3 is 11.9 Å². The Labute approximate surface area is 179 Å². The zero-order chi connectivity index (χ0) is 23.0. The maximum atomic E-state index is 12.8. The molecule has 2 amide bonds. The summed E-state index contributed by atoms with van der Waals surface area (Å²) in [6, 6.07) is 4.17. The number of aromatic carboxylic acids is 1. The number of hydrogen-bond donors (Lipinski definition) is 4. The van der Waals surface area contributed by atoms with Crippen molar-refractivity contribution in [1.82, 2.24) is 5.32 Å². The lowest BCUT2D eigenvalue weighted by Crippen LogP contribution is -2.45. The number of aliphatic carboxylic acids is 1. The van der Waals surface area contributed by atoms with Crippen LogP contribution in [-0.4, -0.2) is 57.9 Å². The molecule has 0 aliphatic carbocycles. The van der Waals surface area contributed by atoms with E-state index in [1.807, 2.05) is 0 Å². The smallest absolute Gasteiger partial charge is 0.360 e. The van der Waals surface area contributed by atoms with E-state index in [1.54, 1.807) is 6.20 Å². The van der Waals surface area contributed by atoms with Gasteiger partial charge in [0.2, 0.25) is 5.91 Å². The number of quaternary nitrogens is 1. The van der Waals surface area contributed by atoms with Gasteiger partial charge in [-0.25, -0.2) is 14.1 Å². The molecule has 2 rings (SSSR count). The summed E-state index contributed by atoms with van der Waals surface area (Å²) >= 11 is 0. The Morgan fingerprint density at radius 2 is 1.81 bits per heavy atom. The molecule has 1 aromatic rings. The van der Waals surface area contributed by atoms with Gasteiger partial charge in [0, 0.05) is 6.92 Å². The van der Waals surface area contributed by atoms with Crippen LogP contribution in [0.4, 0.5) is 5.69 Å². The number of carboxylic acid groups (broad SMARTS) is 2. The number of hydrogen-bond acceptors (Lipinski definition) is 5. The fourth-order valence-electron chi connectivity index (χ4n) is 3.37. The summed E-state index contributed by atoms with van der Waals surface area (Å²) in [4.78, 5) is 51.3. The highest BCUT2D eigenvalue weighted by atomic mass is 16.4. The van der Waals surface area contributed by atoms with Gasteiger partial charge in [0.15, 0.2) is 18.7 Å². The van der Waals surface area contributed by atoms with Crippen LogP contribution < -0.4 is 10.6 Å². The first-order valence-corrected chi connectivity index (χ1v) is 9.99. The molecule has 0 fully saturated rings. The molecule has 1 aliphatic rings. The molecule has 166 valence electrons. The molecule has 1 aromatic carbocycles. The summed E-state index contributed by atoms with van der Waals surface area (Å²) in [6.45, 7) is 3.62. The summed E-state index contributed by atoms with van der Waals surface area (Å²) in [6.07, 6.45) is 6.87. The molecule has 0 aromatic heterocycles. The third kappa shape index (κ3) is 6.48. The lowest BCUT2D eigenvalue weighted by atomic mass is 10.0. The van der Waals surface area contributed by atoms with E-state index in [0.29, 0.717) is 6.54 Å². The van der Waals surface area contributed by atoms with E-state index in [-0.39, 0.29) is 33.7 Å². The molecule has 1 unspecified atom stereocenters. The van der Waals surface area contributed by atoms with E-state index in [2.05, 4.69) is 22.5 Å². The van der Waals surface area contributed by atoms with Crippen molar-refractivity contribution >= 4 is 35.8 Å². The number of nitrogens with zero attached hydrogens (tertiary/aromatic N) is 2. The van der Waals surface area contributed by atoms with Gasteiger partial charge in [-0.2, -0.15) is 4.99 Å². The van der Waals surface area contributed by atoms with Gasteiger partial charge in [-0.3, -0.25) is 9.59 Å². The molecule has 1 aliphatic heterocycles. The molecule has 10 nitrogen and oxygen atoms in total. The van der Waals surface area contributed by atoms with Gasteiger partial charge in [0.1, 0.15) is 6.20 Å². The fraction of sp³-hybridized carbons (Fsp3) is 0.381. The Morgan fingerprint density at radius 1 is 1.06 bits per heavy atom. The average molecular weight is 431 g/mol. The Hall–Kier alpha value is -3.53. The van der Waals surface area contributed by atoms with Gasteiger partial charge < -0.3 is 20.8 Å². The average Bonchev–Trinajstić information content (AvgIpc) is 3.06. The minimum atomic E-state index is -1.37. The standard InChI is InChI=1S/C21H26N4O6/c1-3-4-5-6-10-25(12-18(27)28)11-17(22-13-25)24-20(29)15-8-7-9-16(23-14(2)26)19(15)21(30)31/h7-9,11,13H,3-6,10,12H2,1-2H3,(H3-,23,24,26,27,28,29,30,31)/p+1. The normalized spacial score (nSPS) is 17.2. The molecule has 4 N–H and O–H groups in total. The molecule has 1 atom stereocenters. The Kier molecular flexibility index (Phi) is 8.03. The van der Waals surface area contributed by atoms with Gasteiger partial charge in [-0.05, 0) is 25.0 Å². The predicted molar refractivity (Wildman–Crippen MR) is 114 cm³/mol. The topological polar surface area (TPSA) is 145 Å².